The van der Waals surface area contributed by atoms with Gasteiger partial charge < -0.3 is 0 Å². The topological polar surface area (TPSA) is 66.1 Å². The highest BCUT2D eigenvalue weighted by molar-refractivity contribution is 7.89. The van der Waals surface area contributed by atoms with Crippen molar-refractivity contribution >= 4 is 10.0 Å². The van der Waals surface area contributed by atoms with Gasteiger partial charge in [-0.2, -0.15) is 9.40 Å². The minimum atomic E-state index is -3.37. The molecule has 1 saturated carbocycles. The van der Waals surface area contributed by atoms with E-state index >= 15 is 0 Å². The predicted octanol–water partition coefficient (Wildman–Crippen LogP) is 1.75. The number of H-pyrrole nitrogens is 1. The van der Waals surface area contributed by atoms with Crippen molar-refractivity contribution in [2.45, 2.75) is 49.6 Å². The van der Waals surface area contributed by atoms with E-state index in [1.54, 1.807) is 10.4 Å². The van der Waals surface area contributed by atoms with Crippen LogP contribution in [0.2, 0.25) is 0 Å². The lowest BCUT2D eigenvalue weighted by molar-refractivity contribution is 0.129. The van der Waals surface area contributed by atoms with Crippen molar-refractivity contribution in [1.29, 1.82) is 0 Å². The van der Waals surface area contributed by atoms with Crippen molar-refractivity contribution in [3.05, 3.63) is 12.3 Å². The number of aromatic amines is 1. The van der Waals surface area contributed by atoms with Gasteiger partial charge in [0.2, 0.25) is 0 Å². The smallest absolute Gasteiger partial charge is 0.260 e. The predicted molar refractivity (Wildman–Crippen MR) is 67.5 cm³/mol. The van der Waals surface area contributed by atoms with E-state index in [9.17, 15) is 8.42 Å². The molecule has 1 saturated heterocycles. The van der Waals surface area contributed by atoms with Crippen LogP contribution in [0, 0.1) is 5.92 Å². The molecule has 0 radical (unpaired) electrons. The lowest BCUT2D eigenvalue weighted by Gasteiger charge is -2.42. The molecular formula is C12H19N3O2S. The van der Waals surface area contributed by atoms with E-state index in [-0.39, 0.29) is 11.1 Å². The average Bonchev–Trinajstić information content (AvgIpc) is 2.92. The van der Waals surface area contributed by atoms with Crippen molar-refractivity contribution in [3.63, 3.8) is 0 Å². The second kappa shape index (κ2) is 4.66. The summed E-state index contributed by atoms with van der Waals surface area (Å²) in [7, 11) is -3.37. The molecule has 1 aromatic heterocycles. The molecule has 0 unspecified atom stereocenters. The van der Waals surface area contributed by atoms with Gasteiger partial charge in [0.15, 0.2) is 5.03 Å². The molecule has 0 aromatic carbocycles. The third-order valence-electron chi connectivity index (χ3n) is 4.25. The second-order valence-electron chi connectivity index (χ2n) is 5.29. The molecule has 1 N–H and O–H groups in total. The van der Waals surface area contributed by atoms with Crippen molar-refractivity contribution in [1.82, 2.24) is 14.5 Å². The summed E-state index contributed by atoms with van der Waals surface area (Å²) >= 11 is 0. The highest BCUT2D eigenvalue weighted by atomic mass is 32.2. The van der Waals surface area contributed by atoms with Crippen LogP contribution in [0.5, 0.6) is 0 Å². The van der Waals surface area contributed by atoms with E-state index < -0.39 is 10.0 Å². The number of piperidine rings is 1. The van der Waals surface area contributed by atoms with E-state index in [0.717, 1.165) is 19.3 Å². The molecule has 2 fully saturated rings. The molecule has 2 atom stereocenters. The molecule has 1 aliphatic heterocycles. The van der Waals surface area contributed by atoms with E-state index in [2.05, 4.69) is 10.2 Å². The van der Waals surface area contributed by atoms with Gasteiger partial charge in [0.1, 0.15) is 0 Å². The largest absolute Gasteiger partial charge is 0.266 e. The third kappa shape index (κ3) is 1.97. The Morgan fingerprint density at radius 1 is 1.22 bits per heavy atom. The van der Waals surface area contributed by atoms with Crippen molar-refractivity contribution in [3.8, 4) is 0 Å². The zero-order valence-corrected chi connectivity index (χ0v) is 11.2. The summed E-state index contributed by atoms with van der Waals surface area (Å²) in [6, 6.07) is 1.75. The van der Waals surface area contributed by atoms with Crippen LogP contribution in [0.25, 0.3) is 0 Å². The SMILES string of the molecule is O=S(=O)(c1ccn[nH]1)N1CCC[C@H]2CCCC[C@H]21. The summed E-state index contributed by atoms with van der Waals surface area (Å²) < 4.78 is 26.8. The van der Waals surface area contributed by atoms with Crippen LogP contribution in [0.3, 0.4) is 0 Å². The van der Waals surface area contributed by atoms with Crippen LogP contribution >= 0.6 is 0 Å². The number of hydrogen-bond acceptors (Lipinski definition) is 3. The van der Waals surface area contributed by atoms with Crippen molar-refractivity contribution in [2.24, 2.45) is 5.92 Å². The first-order valence-electron chi connectivity index (χ1n) is 6.71. The lowest BCUT2D eigenvalue weighted by Crippen LogP contribution is -2.49. The molecule has 0 amide bonds. The van der Waals surface area contributed by atoms with Gasteiger partial charge in [-0.3, -0.25) is 5.10 Å². The van der Waals surface area contributed by atoms with E-state index in [0.29, 0.717) is 12.5 Å². The zero-order valence-electron chi connectivity index (χ0n) is 10.4. The van der Waals surface area contributed by atoms with Gasteiger partial charge >= 0.3 is 0 Å². The molecule has 100 valence electrons. The maximum absolute atomic E-state index is 12.6. The molecule has 2 heterocycles. The van der Waals surface area contributed by atoms with E-state index in [4.69, 9.17) is 0 Å². The Balaban J connectivity index is 1.90. The normalized spacial score (nSPS) is 30.0. The Kier molecular flexibility index (Phi) is 3.15. The second-order valence-corrected chi connectivity index (χ2v) is 7.15. The number of rotatable bonds is 2. The Hall–Kier alpha value is -0.880. The molecule has 1 aliphatic carbocycles. The first kappa shape index (κ1) is 12.2. The molecule has 6 heteroatoms. The number of sulfonamides is 1. The Morgan fingerprint density at radius 2 is 2.00 bits per heavy atom. The van der Waals surface area contributed by atoms with Gasteiger partial charge in [-0.05, 0) is 37.7 Å². The Labute approximate surface area is 108 Å². The van der Waals surface area contributed by atoms with Gasteiger partial charge in [0.05, 0.1) is 6.20 Å². The van der Waals surface area contributed by atoms with Gasteiger partial charge in [-0.25, -0.2) is 8.42 Å². The maximum Gasteiger partial charge on any atom is 0.260 e. The zero-order chi connectivity index (χ0) is 12.6. The van der Waals surface area contributed by atoms with Crippen LogP contribution in [0.4, 0.5) is 0 Å². The fourth-order valence-electron chi connectivity index (χ4n) is 3.39. The Morgan fingerprint density at radius 3 is 2.78 bits per heavy atom. The lowest BCUT2D eigenvalue weighted by atomic mass is 9.79. The molecule has 0 bridgehead atoms. The van der Waals surface area contributed by atoms with Crippen molar-refractivity contribution < 1.29 is 8.42 Å². The van der Waals surface area contributed by atoms with E-state index in [1.807, 2.05) is 0 Å². The number of fused-ring (bicyclic) bond motifs is 1. The van der Waals surface area contributed by atoms with E-state index in [1.165, 1.54) is 25.5 Å². The number of aromatic nitrogens is 2. The first-order valence-corrected chi connectivity index (χ1v) is 8.15. The molecule has 1 aromatic rings. The fraction of sp³-hybridized carbons (Fsp3) is 0.750. The number of nitrogens with one attached hydrogen (secondary N) is 1. The van der Waals surface area contributed by atoms with Crippen LogP contribution in [0.15, 0.2) is 17.3 Å². The van der Waals surface area contributed by atoms with Crippen LogP contribution < -0.4 is 0 Å². The fourth-order valence-corrected chi connectivity index (χ4v) is 5.05. The third-order valence-corrected chi connectivity index (χ3v) is 6.11. The first-order chi connectivity index (χ1) is 8.69. The monoisotopic (exact) mass is 269 g/mol. The van der Waals surface area contributed by atoms with Crippen LogP contribution in [0.1, 0.15) is 38.5 Å². The summed E-state index contributed by atoms with van der Waals surface area (Å²) in [5.74, 6) is 0.560. The van der Waals surface area contributed by atoms with Gasteiger partial charge in [-0.15, -0.1) is 0 Å². The van der Waals surface area contributed by atoms with Gasteiger partial charge in [0, 0.05) is 12.6 Å². The van der Waals surface area contributed by atoms with Gasteiger partial charge in [-0.1, -0.05) is 12.8 Å². The molecular weight excluding hydrogens is 250 g/mol. The Bertz CT molecular complexity index is 495. The standard InChI is InChI=1S/C12H19N3O2S/c16-18(17,12-7-8-13-14-12)15-9-3-5-10-4-1-2-6-11(10)15/h7-8,10-11H,1-6,9H2,(H,13,14)/t10-,11-/m1/s1. The summed E-state index contributed by atoms with van der Waals surface area (Å²) in [6.07, 6.45) is 8.25. The van der Waals surface area contributed by atoms with Gasteiger partial charge in [0.25, 0.3) is 10.0 Å². The highest BCUT2D eigenvalue weighted by Gasteiger charge is 2.40. The summed E-state index contributed by atoms with van der Waals surface area (Å²) in [6.45, 7) is 0.655. The molecule has 0 spiro atoms. The number of hydrogen-bond donors (Lipinski definition) is 1. The summed E-state index contributed by atoms with van der Waals surface area (Å²) in [4.78, 5) is 0. The summed E-state index contributed by atoms with van der Waals surface area (Å²) in [5.41, 5.74) is 0. The molecule has 18 heavy (non-hydrogen) atoms. The quantitative estimate of drug-likeness (QED) is 0.889. The molecule has 3 rings (SSSR count). The molecule has 2 aliphatic rings. The highest BCUT2D eigenvalue weighted by Crippen LogP contribution is 2.37. The van der Waals surface area contributed by atoms with Crippen LogP contribution in [-0.4, -0.2) is 35.5 Å². The average molecular weight is 269 g/mol. The maximum atomic E-state index is 12.6. The minimum Gasteiger partial charge on any atom is -0.266 e. The van der Waals surface area contributed by atoms with Crippen molar-refractivity contribution in [2.75, 3.05) is 6.54 Å². The summed E-state index contributed by atoms with van der Waals surface area (Å²) in [5, 5.41) is 6.58. The van der Waals surface area contributed by atoms with Crippen LogP contribution in [-0.2, 0) is 10.0 Å². The number of nitrogens with zero attached hydrogens (tertiary/aromatic N) is 2. The molecule has 5 nitrogen and oxygen atoms in total. The minimum absolute atomic E-state index is 0.209.